The number of primary amides is 1. The normalized spacial score (nSPS) is 13.2. The smallest absolute Gasteiger partial charge is 0.267 e. The minimum atomic E-state index is -0.285. The molecule has 0 unspecified atom stereocenters. The molecule has 1 aliphatic rings. The van der Waals surface area contributed by atoms with Crippen LogP contribution in [0.1, 0.15) is 41.7 Å². The Hall–Kier alpha value is -2.90. The summed E-state index contributed by atoms with van der Waals surface area (Å²) in [5.41, 5.74) is 8.49. The maximum atomic E-state index is 13.9. The summed E-state index contributed by atoms with van der Waals surface area (Å²) in [5.74, 6) is -0.285. The van der Waals surface area contributed by atoms with Gasteiger partial charge in [-0.3, -0.25) is 14.2 Å². The van der Waals surface area contributed by atoms with Crippen molar-refractivity contribution in [1.82, 2.24) is 9.55 Å². The number of nitrogens with two attached hydrogens (primary N) is 1. The Bertz CT molecular complexity index is 1380. The van der Waals surface area contributed by atoms with Crippen LogP contribution in [0.15, 0.2) is 69.4 Å². The van der Waals surface area contributed by atoms with Gasteiger partial charge in [-0.05, 0) is 67.9 Å². The third-order valence-electron chi connectivity index (χ3n) is 6.02. The van der Waals surface area contributed by atoms with E-state index in [1.54, 1.807) is 15.9 Å². The van der Waals surface area contributed by atoms with Crippen LogP contribution in [0.5, 0.6) is 0 Å². The van der Waals surface area contributed by atoms with Crippen LogP contribution in [0.4, 0.5) is 0 Å². The van der Waals surface area contributed by atoms with E-state index in [4.69, 9.17) is 10.7 Å². The predicted octanol–water partition coefficient (Wildman–Crippen LogP) is 5.29. The van der Waals surface area contributed by atoms with Crippen LogP contribution in [0.3, 0.4) is 0 Å². The average Bonchev–Trinajstić information content (AvgIpc) is 3.19. The molecule has 5 rings (SSSR count). The second-order valence-electron chi connectivity index (χ2n) is 8.29. The van der Waals surface area contributed by atoms with Gasteiger partial charge < -0.3 is 5.73 Å². The van der Waals surface area contributed by atoms with Gasteiger partial charge >= 0.3 is 0 Å². The Labute approximate surface area is 200 Å². The van der Waals surface area contributed by atoms with Crippen molar-refractivity contribution >= 4 is 39.2 Å². The Kier molecular flexibility index (Phi) is 6.33. The Balaban J connectivity index is 1.63. The van der Waals surface area contributed by atoms with E-state index in [9.17, 15) is 9.59 Å². The number of hydrogen-bond donors (Lipinski definition) is 1. The average molecular weight is 476 g/mol. The number of hydrogen-bond acceptors (Lipinski definition) is 5. The van der Waals surface area contributed by atoms with Gasteiger partial charge in [0.05, 0.1) is 11.1 Å². The first-order valence-electron chi connectivity index (χ1n) is 11.3. The topological polar surface area (TPSA) is 78.0 Å². The molecule has 33 heavy (non-hydrogen) atoms. The van der Waals surface area contributed by atoms with Gasteiger partial charge in [-0.25, -0.2) is 4.98 Å². The first-order chi connectivity index (χ1) is 16.1. The highest BCUT2D eigenvalue weighted by Crippen LogP contribution is 2.37. The number of aromatic nitrogens is 2. The summed E-state index contributed by atoms with van der Waals surface area (Å²) in [6.45, 7) is 0. The van der Waals surface area contributed by atoms with Crippen LogP contribution in [0.2, 0.25) is 0 Å². The number of thiophene rings is 1. The van der Waals surface area contributed by atoms with Crippen LogP contribution in [0, 0.1) is 0 Å². The van der Waals surface area contributed by atoms with Crippen molar-refractivity contribution in [3.8, 4) is 5.69 Å². The minimum Gasteiger partial charge on any atom is -0.370 e. The highest BCUT2D eigenvalue weighted by molar-refractivity contribution is 7.99. The van der Waals surface area contributed by atoms with Crippen molar-refractivity contribution in [2.45, 2.75) is 55.0 Å². The number of carbonyl (C=O) groups excluding carboxylic acids is 1. The van der Waals surface area contributed by atoms with E-state index in [0.29, 0.717) is 18.0 Å². The third kappa shape index (κ3) is 4.48. The lowest BCUT2D eigenvalue weighted by atomic mass is 9.97. The number of para-hydroxylation sites is 1. The highest BCUT2D eigenvalue weighted by Gasteiger charge is 2.23. The zero-order valence-electron chi connectivity index (χ0n) is 18.3. The minimum absolute atomic E-state index is 0.0132. The second-order valence-corrected chi connectivity index (χ2v) is 10.4. The number of fused-ring (bicyclic) bond motifs is 3. The number of carbonyl (C=O) groups is 1. The largest absolute Gasteiger partial charge is 0.370 e. The Morgan fingerprint density at radius 2 is 1.82 bits per heavy atom. The molecule has 5 nitrogen and oxygen atoms in total. The summed E-state index contributed by atoms with van der Waals surface area (Å²) < 4.78 is 1.76. The first kappa shape index (κ1) is 21.9. The molecule has 0 spiro atoms. The van der Waals surface area contributed by atoms with Crippen molar-refractivity contribution in [1.29, 1.82) is 0 Å². The van der Waals surface area contributed by atoms with E-state index in [-0.39, 0.29) is 11.5 Å². The van der Waals surface area contributed by atoms with E-state index in [2.05, 4.69) is 12.1 Å². The summed E-state index contributed by atoms with van der Waals surface area (Å²) in [6.07, 6.45) is 6.09. The van der Waals surface area contributed by atoms with E-state index in [0.717, 1.165) is 52.0 Å². The summed E-state index contributed by atoms with van der Waals surface area (Å²) in [5, 5.41) is 1.46. The molecule has 0 aliphatic heterocycles. The number of rotatable bonds is 7. The van der Waals surface area contributed by atoms with Crippen LogP contribution in [-0.2, 0) is 24.1 Å². The van der Waals surface area contributed by atoms with Gasteiger partial charge in [0.2, 0.25) is 5.91 Å². The van der Waals surface area contributed by atoms with Gasteiger partial charge in [0.25, 0.3) is 5.56 Å². The van der Waals surface area contributed by atoms with Crippen LogP contribution in [0.25, 0.3) is 15.9 Å². The molecule has 4 aromatic rings. The molecule has 0 saturated carbocycles. The maximum absolute atomic E-state index is 13.9. The lowest BCUT2D eigenvalue weighted by molar-refractivity contribution is -0.118. The fraction of sp³-hybridized carbons (Fsp3) is 0.269. The molecular weight excluding hydrogens is 450 g/mol. The van der Waals surface area contributed by atoms with Crippen LogP contribution in [-0.4, -0.2) is 15.5 Å². The van der Waals surface area contributed by atoms with Gasteiger partial charge in [-0.2, -0.15) is 0 Å². The zero-order valence-corrected chi connectivity index (χ0v) is 19.9. The standard InChI is InChI=1S/C26H25N3O2S2/c27-22(30)16-8-10-17-9-4-6-14-20(17)33-26-28-24-23(19-13-5-7-15-21(19)32-24)25(31)29(26)18-11-2-1-3-12-18/h1-4,6,9,11-12,14H,5,7-8,10,13,15-16H2,(H2,27,30). The molecule has 7 heteroatoms. The summed E-state index contributed by atoms with van der Waals surface area (Å²) in [6, 6.07) is 17.9. The molecule has 2 N–H and O–H groups in total. The number of benzene rings is 2. The molecule has 2 heterocycles. The summed E-state index contributed by atoms with van der Waals surface area (Å²) in [7, 11) is 0. The molecule has 2 aromatic heterocycles. The van der Waals surface area contributed by atoms with Gasteiger partial charge in [-0.15, -0.1) is 11.3 Å². The third-order valence-corrected chi connectivity index (χ3v) is 8.28. The van der Waals surface area contributed by atoms with E-state index in [1.165, 1.54) is 28.6 Å². The van der Waals surface area contributed by atoms with Gasteiger partial charge in [0, 0.05) is 16.2 Å². The fourth-order valence-electron chi connectivity index (χ4n) is 4.42. The molecule has 0 radical (unpaired) electrons. The lowest BCUT2D eigenvalue weighted by Crippen LogP contribution is -2.22. The quantitative estimate of drug-likeness (QED) is 0.369. The molecule has 1 aliphatic carbocycles. The molecule has 168 valence electrons. The predicted molar refractivity (Wildman–Crippen MR) is 135 cm³/mol. The van der Waals surface area contributed by atoms with Gasteiger partial charge in [0.1, 0.15) is 4.83 Å². The molecule has 0 saturated heterocycles. The van der Waals surface area contributed by atoms with Crippen molar-refractivity contribution in [3.05, 3.63) is 81.0 Å². The van der Waals surface area contributed by atoms with E-state index in [1.807, 2.05) is 42.5 Å². The highest BCUT2D eigenvalue weighted by atomic mass is 32.2. The van der Waals surface area contributed by atoms with Crippen LogP contribution >= 0.6 is 23.1 Å². The second kappa shape index (κ2) is 9.53. The number of nitrogens with zero attached hydrogens (tertiary/aromatic N) is 2. The van der Waals surface area contributed by atoms with Gasteiger partial charge in [0.15, 0.2) is 5.16 Å². The Morgan fingerprint density at radius 1 is 1.06 bits per heavy atom. The van der Waals surface area contributed by atoms with Gasteiger partial charge in [-0.1, -0.05) is 48.2 Å². The molecule has 0 fully saturated rings. The maximum Gasteiger partial charge on any atom is 0.267 e. The molecule has 0 bridgehead atoms. The summed E-state index contributed by atoms with van der Waals surface area (Å²) >= 11 is 3.19. The zero-order chi connectivity index (χ0) is 22.8. The van der Waals surface area contributed by atoms with E-state index < -0.39 is 0 Å². The number of amides is 1. The van der Waals surface area contributed by atoms with Crippen molar-refractivity contribution in [3.63, 3.8) is 0 Å². The molecule has 0 atom stereocenters. The van der Waals surface area contributed by atoms with Crippen molar-refractivity contribution < 1.29 is 4.79 Å². The molecule has 1 amide bonds. The number of aryl methyl sites for hydroxylation is 3. The monoisotopic (exact) mass is 475 g/mol. The van der Waals surface area contributed by atoms with Crippen LogP contribution < -0.4 is 11.3 Å². The van der Waals surface area contributed by atoms with Crippen molar-refractivity contribution in [2.75, 3.05) is 0 Å². The van der Waals surface area contributed by atoms with E-state index >= 15 is 0 Å². The molecule has 2 aromatic carbocycles. The Morgan fingerprint density at radius 3 is 2.64 bits per heavy atom. The lowest BCUT2D eigenvalue weighted by Gasteiger charge is -2.15. The first-order valence-corrected chi connectivity index (χ1v) is 12.9. The molecular formula is C26H25N3O2S2. The SMILES string of the molecule is NC(=O)CCCc1ccccc1Sc1nc2sc3c(c2c(=O)n1-c1ccccc1)CCCC3. The fourth-order valence-corrected chi connectivity index (χ4v) is 6.79. The van der Waals surface area contributed by atoms with Crippen molar-refractivity contribution in [2.24, 2.45) is 5.73 Å². The summed E-state index contributed by atoms with van der Waals surface area (Å²) in [4.78, 5) is 33.3.